The van der Waals surface area contributed by atoms with Gasteiger partial charge in [0.2, 0.25) is 0 Å². The van der Waals surface area contributed by atoms with Crippen molar-refractivity contribution in [3.63, 3.8) is 0 Å². The number of nitrogens with one attached hydrogen (secondary N) is 1. The first kappa shape index (κ1) is 15.0. The van der Waals surface area contributed by atoms with E-state index in [1.54, 1.807) is 25.1 Å². The summed E-state index contributed by atoms with van der Waals surface area (Å²) in [6.07, 6.45) is -5.31. The summed E-state index contributed by atoms with van der Waals surface area (Å²) in [5, 5.41) is 2.34. The predicted octanol–water partition coefficient (Wildman–Crippen LogP) is 3.83. The quantitative estimate of drug-likeness (QED) is 0.900. The molecule has 0 aliphatic rings. The largest absolute Gasteiger partial charge is 0.391 e. The van der Waals surface area contributed by atoms with Crippen molar-refractivity contribution in [1.82, 2.24) is 5.32 Å². The number of aryl methyl sites for hydroxylation is 1. The van der Waals surface area contributed by atoms with Crippen LogP contribution in [0.5, 0.6) is 0 Å². The molecule has 100 valence electrons. The van der Waals surface area contributed by atoms with Gasteiger partial charge < -0.3 is 5.32 Å². The molecule has 1 amide bonds. The highest BCUT2D eigenvalue weighted by Gasteiger charge is 2.30. The molecule has 1 unspecified atom stereocenters. The lowest BCUT2D eigenvalue weighted by atomic mass is 10.1. The Morgan fingerprint density at radius 2 is 2.06 bits per heavy atom. The molecular weight excluding hydrogens is 311 g/mol. The molecule has 2 nitrogen and oxygen atoms in total. The summed E-state index contributed by atoms with van der Waals surface area (Å²) in [5.41, 5.74) is 1.09. The first-order chi connectivity index (χ1) is 8.19. The lowest BCUT2D eigenvalue weighted by Gasteiger charge is -2.16. The third-order valence-electron chi connectivity index (χ3n) is 2.36. The van der Waals surface area contributed by atoms with Crippen molar-refractivity contribution < 1.29 is 18.0 Å². The fourth-order valence-corrected chi connectivity index (χ4v) is 1.90. The standard InChI is InChI=1S/C12H13BrF3NO/c1-7-3-4-9(13)5-10(7)11(18)17-8(2)6-12(14,15)16/h3-5,8H,6H2,1-2H3,(H,17,18). The van der Waals surface area contributed by atoms with Crippen molar-refractivity contribution in [3.8, 4) is 0 Å². The molecule has 1 N–H and O–H groups in total. The van der Waals surface area contributed by atoms with Crippen LogP contribution < -0.4 is 5.32 Å². The lowest BCUT2D eigenvalue weighted by Crippen LogP contribution is -2.36. The number of benzene rings is 1. The molecule has 6 heteroatoms. The number of hydrogen-bond donors (Lipinski definition) is 1. The molecule has 0 aliphatic carbocycles. The van der Waals surface area contributed by atoms with Gasteiger partial charge in [-0.2, -0.15) is 13.2 Å². The Labute approximate surface area is 112 Å². The van der Waals surface area contributed by atoms with Gasteiger partial charge in [-0.25, -0.2) is 0 Å². The van der Waals surface area contributed by atoms with E-state index in [2.05, 4.69) is 21.2 Å². The number of rotatable bonds is 3. The molecule has 1 aromatic carbocycles. The maximum atomic E-state index is 12.1. The molecule has 0 fully saturated rings. The Kier molecular flexibility index (Phi) is 4.78. The van der Waals surface area contributed by atoms with E-state index in [-0.39, 0.29) is 0 Å². The van der Waals surface area contributed by atoms with Crippen LogP contribution in [0.4, 0.5) is 13.2 Å². The van der Waals surface area contributed by atoms with Gasteiger partial charge in [0.15, 0.2) is 0 Å². The fraction of sp³-hybridized carbons (Fsp3) is 0.417. The summed E-state index contributed by atoms with van der Waals surface area (Å²) in [5.74, 6) is -0.495. The Morgan fingerprint density at radius 3 is 2.61 bits per heavy atom. The SMILES string of the molecule is Cc1ccc(Br)cc1C(=O)NC(C)CC(F)(F)F. The molecule has 0 radical (unpaired) electrons. The molecule has 0 bridgehead atoms. The minimum Gasteiger partial charge on any atom is -0.349 e. The second-order valence-electron chi connectivity index (χ2n) is 4.15. The summed E-state index contributed by atoms with van der Waals surface area (Å²) in [6.45, 7) is 3.06. The number of hydrogen-bond acceptors (Lipinski definition) is 1. The number of halogens is 4. The Balaban J connectivity index is 2.74. The molecule has 0 saturated carbocycles. The second-order valence-corrected chi connectivity index (χ2v) is 5.07. The molecule has 0 saturated heterocycles. The highest BCUT2D eigenvalue weighted by Crippen LogP contribution is 2.22. The van der Waals surface area contributed by atoms with Crippen LogP contribution in [-0.4, -0.2) is 18.1 Å². The van der Waals surface area contributed by atoms with Gasteiger partial charge in [0.25, 0.3) is 5.91 Å². The Bertz CT molecular complexity index is 445. The third kappa shape index (κ3) is 4.68. The van der Waals surface area contributed by atoms with Gasteiger partial charge in [-0.1, -0.05) is 22.0 Å². The maximum Gasteiger partial charge on any atom is 0.391 e. The first-order valence-electron chi connectivity index (χ1n) is 5.33. The molecule has 1 aromatic rings. The van der Waals surface area contributed by atoms with E-state index in [9.17, 15) is 18.0 Å². The van der Waals surface area contributed by atoms with Gasteiger partial charge >= 0.3 is 6.18 Å². The van der Waals surface area contributed by atoms with Crippen LogP contribution in [0.3, 0.4) is 0 Å². The van der Waals surface area contributed by atoms with Crippen LogP contribution in [0.1, 0.15) is 29.3 Å². The van der Waals surface area contributed by atoms with Gasteiger partial charge in [-0.15, -0.1) is 0 Å². The van der Waals surface area contributed by atoms with Crippen LogP contribution in [0.25, 0.3) is 0 Å². The van der Waals surface area contributed by atoms with Crippen molar-refractivity contribution in [2.45, 2.75) is 32.5 Å². The van der Waals surface area contributed by atoms with E-state index in [1.807, 2.05) is 0 Å². The fourth-order valence-electron chi connectivity index (χ4n) is 1.54. The van der Waals surface area contributed by atoms with E-state index in [1.165, 1.54) is 6.92 Å². The van der Waals surface area contributed by atoms with Gasteiger partial charge in [0.1, 0.15) is 0 Å². The summed E-state index contributed by atoms with van der Waals surface area (Å²) in [6, 6.07) is 4.14. The second kappa shape index (κ2) is 5.73. The smallest absolute Gasteiger partial charge is 0.349 e. The predicted molar refractivity (Wildman–Crippen MR) is 66.5 cm³/mol. The Morgan fingerprint density at radius 1 is 1.44 bits per heavy atom. The summed E-state index contributed by atoms with van der Waals surface area (Å²) >= 11 is 3.22. The van der Waals surface area contributed by atoms with Crippen LogP contribution in [0.15, 0.2) is 22.7 Å². The van der Waals surface area contributed by atoms with E-state index in [0.29, 0.717) is 10.0 Å². The van der Waals surface area contributed by atoms with E-state index in [4.69, 9.17) is 0 Å². The lowest BCUT2D eigenvalue weighted by molar-refractivity contribution is -0.138. The van der Waals surface area contributed by atoms with Gasteiger partial charge in [-0.3, -0.25) is 4.79 Å². The highest BCUT2D eigenvalue weighted by atomic mass is 79.9. The molecule has 0 aromatic heterocycles. The maximum absolute atomic E-state index is 12.1. The van der Waals surface area contributed by atoms with Crippen molar-refractivity contribution in [1.29, 1.82) is 0 Å². The summed E-state index contributed by atoms with van der Waals surface area (Å²) < 4.78 is 37.1. The highest BCUT2D eigenvalue weighted by molar-refractivity contribution is 9.10. The molecular formula is C12H13BrF3NO. The average Bonchev–Trinajstić information content (AvgIpc) is 2.18. The van der Waals surface area contributed by atoms with Crippen molar-refractivity contribution in [2.24, 2.45) is 0 Å². The van der Waals surface area contributed by atoms with Gasteiger partial charge in [0.05, 0.1) is 6.42 Å². The zero-order chi connectivity index (χ0) is 13.9. The van der Waals surface area contributed by atoms with Crippen molar-refractivity contribution in [3.05, 3.63) is 33.8 Å². The normalized spacial score (nSPS) is 13.2. The monoisotopic (exact) mass is 323 g/mol. The van der Waals surface area contributed by atoms with Crippen molar-refractivity contribution >= 4 is 21.8 Å². The molecule has 0 heterocycles. The van der Waals surface area contributed by atoms with E-state index >= 15 is 0 Å². The van der Waals surface area contributed by atoms with E-state index < -0.39 is 24.5 Å². The van der Waals surface area contributed by atoms with Gasteiger partial charge in [0, 0.05) is 16.1 Å². The topological polar surface area (TPSA) is 29.1 Å². The zero-order valence-corrected chi connectivity index (χ0v) is 11.5. The number of carbonyl (C=O) groups is 1. The Hall–Kier alpha value is -1.04. The van der Waals surface area contributed by atoms with Crippen molar-refractivity contribution in [2.75, 3.05) is 0 Å². The minimum atomic E-state index is -4.28. The first-order valence-corrected chi connectivity index (χ1v) is 6.12. The van der Waals surface area contributed by atoms with E-state index in [0.717, 1.165) is 5.56 Å². The number of alkyl halides is 3. The zero-order valence-electron chi connectivity index (χ0n) is 9.94. The molecule has 0 aliphatic heterocycles. The minimum absolute atomic E-state index is 0.374. The number of carbonyl (C=O) groups excluding carboxylic acids is 1. The van der Waals surface area contributed by atoms with Gasteiger partial charge in [-0.05, 0) is 31.5 Å². The molecule has 1 rings (SSSR count). The third-order valence-corrected chi connectivity index (χ3v) is 2.85. The number of amides is 1. The average molecular weight is 324 g/mol. The van der Waals surface area contributed by atoms with Crippen LogP contribution in [0, 0.1) is 6.92 Å². The van der Waals surface area contributed by atoms with Crippen LogP contribution in [0.2, 0.25) is 0 Å². The van der Waals surface area contributed by atoms with Crippen LogP contribution >= 0.6 is 15.9 Å². The van der Waals surface area contributed by atoms with Crippen LogP contribution in [-0.2, 0) is 0 Å². The molecule has 18 heavy (non-hydrogen) atoms. The molecule has 1 atom stereocenters. The summed E-state index contributed by atoms with van der Waals surface area (Å²) in [4.78, 5) is 11.8. The molecule has 0 spiro atoms. The summed E-state index contributed by atoms with van der Waals surface area (Å²) in [7, 11) is 0.